The van der Waals surface area contributed by atoms with Crippen molar-refractivity contribution in [2.24, 2.45) is 0 Å². The Hall–Kier alpha value is -1.35. The van der Waals surface area contributed by atoms with Gasteiger partial charge in [-0.3, -0.25) is 0 Å². The van der Waals surface area contributed by atoms with E-state index in [1.807, 2.05) is 13.8 Å². The zero-order valence-corrected chi connectivity index (χ0v) is 12.7. The van der Waals surface area contributed by atoms with Gasteiger partial charge in [0.25, 0.3) is 0 Å². The van der Waals surface area contributed by atoms with E-state index in [2.05, 4.69) is 16.6 Å². The summed E-state index contributed by atoms with van der Waals surface area (Å²) >= 11 is 0. The van der Waals surface area contributed by atoms with Crippen LogP contribution in [0.2, 0.25) is 0 Å². The fraction of sp³-hybridized carbons (Fsp3) is 0.467. The molecule has 20 heavy (non-hydrogen) atoms. The van der Waals surface area contributed by atoms with Crippen LogP contribution in [0.3, 0.4) is 0 Å². The van der Waals surface area contributed by atoms with Crippen LogP contribution < -0.4 is 4.72 Å². The van der Waals surface area contributed by atoms with Crippen LogP contribution in [0.5, 0.6) is 0 Å². The van der Waals surface area contributed by atoms with Crippen LogP contribution >= 0.6 is 0 Å². The summed E-state index contributed by atoms with van der Waals surface area (Å²) in [6.45, 7) is 3.69. The zero-order valence-electron chi connectivity index (χ0n) is 11.9. The standard InChI is InChI=1S/C15H21NO3S/c1-3-8-14(4-2)16-20(18,19)15-11-6-5-9-13(15)10-7-12-17/h5-6,9,11,14,16-17H,3-4,8,12H2,1-2H3. The van der Waals surface area contributed by atoms with Crippen molar-refractivity contribution in [1.29, 1.82) is 0 Å². The molecule has 1 unspecified atom stereocenters. The normalized spacial score (nSPS) is 12.6. The van der Waals surface area contributed by atoms with E-state index in [9.17, 15) is 8.42 Å². The van der Waals surface area contributed by atoms with Crippen LogP contribution in [-0.4, -0.2) is 26.2 Å². The fourth-order valence-corrected chi connectivity index (χ4v) is 3.43. The van der Waals surface area contributed by atoms with Crippen molar-refractivity contribution in [3.63, 3.8) is 0 Å². The van der Waals surface area contributed by atoms with Gasteiger partial charge in [-0.2, -0.15) is 0 Å². The second kappa shape index (κ2) is 8.05. The summed E-state index contributed by atoms with van der Waals surface area (Å²) in [5, 5.41) is 8.74. The minimum Gasteiger partial charge on any atom is -0.384 e. The van der Waals surface area contributed by atoms with E-state index in [0.717, 1.165) is 19.3 Å². The minimum absolute atomic E-state index is 0.0659. The van der Waals surface area contributed by atoms with Gasteiger partial charge in [-0.15, -0.1) is 0 Å². The highest BCUT2D eigenvalue weighted by atomic mass is 32.2. The summed E-state index contributed by atoms with van der Waals surface area (Å²) in [4.78, 5) is 0.163. The van der Waals surface area contributed by atoms with Gasteiger partial charge in [0.1, 0.15) is 6.61 Å². The minimum atomic E-state index is -3.59. The Morgan fingerprint density at radius 1 is 1.30 bits per heavy atom. The van der Waals surface area contributed by atoms with Gasteiger partial charge in [0, 0.05) is 11.6 Å². The smallest absolute Gasteiger partial charge is 0.242 e. The molecule has 0 radical (unpaired) electrons. The van der Waals surface area contributed by atoms with Crippen LogP contribution in [0.15, 0.2) is 29.2 Å². The van der Waals surface area contributed by atoms with Crippen LogP contribution in [0.25, 0.3) is 0 Å². The second-order valence-electron chi connectivity index (χ2n) is 4.47. The molecule has 1 atom stereocenters. The molecule has 0 fully saturated rings. The van der Waals surface area contributed by atoms with Crippen molar-refractivity contribution in [3.05, 3.63) is 29.8 Å². The summed E-state index contributed by atoms with van der Waals surface area (Å²) < 4.78 is 27.6. The number of sulfonamides is 1. The SMILES string of the molecule is CCCC(CC)NS(=O)(=O)c1ccccc1C#CCO. The average molecular weight is 295 g/mol. The third kappa shape index (κ3) is 4.64. The highest BCUT2D eigenvalue weighted by Gasteiger charge is 2.20. The Bertz CT molecular complexity index is 585. The van der Waals surface area contributed by atoms with Crippen molar-refractivity contribution >= 4 is 10.0 Å². The van der Waals surface area contributed by atoms with Gasteiger partial charge in [-0.25, -0.2) is 13.1 Å². The largest absolute Gasteiger partial charge is 0.384 e. The van der Waals surface area contributed by atoms with Crippen LogP contribution in [-0.2, 0) is 10.0 Å². The number of benzene rings is 1. The number of hydrogen-bond donors (Lipinski definition) is 2. The van der Waals surface area contributed by atoms with E-state index in [4.69, 9.17) is 5.11 Å². The molecule has 0 aliphatic heterocycles. The molecule has 0 aromatic heterocycles. The molecular formula is C15H21NO3S. The quantitative estimate of drug-likeness (QED) is 0.788. The summed E-state index contributed by atoms with van der Waals surface area (Å²) in [6, 6.07) is 6.49. The third-order valence-electron chi connectivity index (χ3n) is 2.93. The number of rotatable bonds is 6. The molecule has 5 heteroatoms. The fourth-order valence-electron chi connectivity index (χ4n) is 1.92. The Labute approximate surface area is 121 Å². The molecule has 0 spiro atoms. The molecule has 1 aromatic carbocycles. The number of hydrogen-bond acceptors (Lipinski definition) is 3. The van der Waals surface area contributed by atoms with E-state index in [1.54, 1.807) is 18.2 Å². The lowest BCUT2D eigenvalue weighted by Crippen LogP contribution is -2.34. The molecular weight excluding hydrogens is 274 g/mol. The third-order valence-corrected chi connectivity index (χ3v) is 4.51. The van der Waals surface area contributed by atoms with E-state index in [0.29, 0.717) is 5.56 Å². The first-order valence-electron chi connectivity index (χ1n) is 6.76. The second-order valence-corrected chi connectivity index (χ2v) is 6.15. The lowest BCUT2D eigenvalue weighted by molar-refractivity contribution is 0.350. The first-order valence-corrected chi connectivity index (χ1v) is 8.24. The van der Waals surface area contributed by atoms with Gasteiger partial charge in [-0.1, -0.05) is 44.2 Å². The predicted octanol–water partition coefficient (Wildman–Crippen LogP) is 1.89. The van der Waals surface area contributed by atoms with Crippen LogP contribution in [0.4, 0.5) is 0 Å². The van der Waals surface area contributed by atoms with Crippen molar-refractivity contribution in [2.45, 2.75) is 44.0 Å². The molecule has 0 heterocycles. The van der Waals surface area contributed by atoms with E-state index in [-0.39, 0.29) is 17.5 Å². The summed E-state index contributed by atoms with van der Waals surface area (Å²) in [5.74, 6) is 5.16. The highest BCUT2D eigenvalue weighted by Crippen LogP contribution is 2.16. The average Bonchev–Trinajstić information content (AvgIpc) is 2.44. The molecule has 1 rings (SSSR count). The van der Waals surface area contributed by atoms with E-state index in [1.165, 1.54) is 6.07 Å². The van der Waals surface area contributed by atoms with Gasteiger partial charge in [-0.05, 0) is 25.0 Å². The molecule has 4 nitrogen and oxygen atoms in total. The molecule has 1 aromatic rings. The molecule has 0 aliphatic rings. The molecule has 0 saturated heterocycles. The monoisotopic (exact) mass is 295 g/mol. The highest BCUT2D eigenvalue weighted by molar-refractivity contribution is 7.89. The Kier molecular flexibility index (Phi) is 6.73. The molecule has 2 N–H and O–H groups in total. The van der Waals surface area contributed by atoms with Crippen molar-refractivity contribution < 1.29 is 13.5 Å². The molecule has 0 saturated carbocycles. The Morgan fingerprint density at radius 3 is 2.60 bits per heavy atom. The molecule has 0 amide bonds. The van der Waals surface area contributed by atoms with Crippen molar-refractivity contribution in [3.8, 4) is 11.8 Å². The first-order chi connectivity index (χ1) is 9.55. The maximum Gasteiger partial charge on any atom is 0.242 e. The Balaban J connectivity index is 3.09. The summed E-state index contributed by atoms with van der Waals surface area (Å²) in [7, 11) is -3.59. The van der Waals surface area contributed by atoms with E-state index >= 15 is 0 Å². The van der Waals surface area contributed by atoms with Crippen LogP contribution in [0, 0.1) is 11.8 Å². The summed E-state index contributed by atoms with van der Waals surface area (Å²) in [5.41, 5.74) is 0.403. The molecule has 0 bridgehead atoms. The van der Waals surface area contributed by atoms with Gasteiger partial charge in [0.15, 0.2) is 0 Å². The molecule has 0 aliphatic carbocycles. The van der Waals surface area contributed by atoms with Crippen molar-refractivity contribution in [1.82, 2.24) is 4.72 Å². The number of nitrogens with one attached hydrogen (secondary N) is 1. The summed E-state index contributed by atoms with van der Waals surface area (Å²) in [6.07, 6.45) is 2.48. The lowest BCUT2D eigenvalue weighted by atomic mass is 10.1. The van der Waals surface area contributed by atoms with Gasteiger partial charge < -0.3 is 5.11 Å². The van der Waals surface area contributed by atoms with Gasteiger partial charge in [0.05, 0.1) is 4.90 Å². The van der Waals surface area contributed by atoms with Crippen molar-refractivity contribution in [2.75, 3.05) is 6.61 Å². The van der Waals surface area contributed by atoms with Gasteiger partial charge >= 0.3 is 0 Å². The van der Waals surface area contributed by atoms with Gasteiger partial charge in [0.2, 0.25) is 10.0 Å². The maximum absolute atomic E-state index is 12.4. The first kappa shape index (κ1) is 16.7. The number of aliphatic hydroxyl groups is 1. The van der Waals surface area contributed by atoms with E-state index < -0.39 is 10.0 Å². The predicted molar refractivity (Wildman–Crippen MR) is 79.7 cm³/mol. The Morgan fingerprint density at radius 2 is 2.00 bits per heavy atom. The zero-order chi connectivity index (χ0) is 15.0. The lowest BCUT2D eigenvalue weighted by Gasteiger charge is -2.16. The maximum atomic E-state index is 12.4. The van der Waals surface area contributed by atoms with Crippen LogP contribution in [0.1, 0.15) is 38.7 Å². The topological polar surface area (TPSA) is 66.4 Å². The number of aliphatic hydroxyl groups excluding tert-OH is 1. The molecule has 110 valence electrons.